The molecule has 1 saturated carbocycles. The second-order valence-electron chi connectivity index (χ2n) is 19.4. The van der Waals surface area contributed by atoms with Gasteiger partial charge < -0.3 is 49.3 Å². The van der Waals surface area contributed by atoms with Crippen molar-refractivity contribution in [2.75, 3.05) is 46.8 Å². The summed E-state index contributed by atoms with van der Waals surface area (Å²) in [5.41, 5.74) is 5.26. The van der Waals surface area contributed by atoms with Crippen molar-refractivity contribution in [1.29, 1.82) is 0 Å². The van der Waals surface area contributed by atoms with Crippen LogP contribution in [0, 0.1) is 17.8 Å². The van der Waals surface area contributed by atoms with Crippen LogP contribution in [0.4, 0.5) is 9.59 Å². The smallest absolute Gasteiger partial charge is 0.407 e. The van der Waals surface area contributed by atoms with Crippen LogP contribution >= 0.6 is 11.6 Å². The van der Waals surface area contributed by atoms with E-state index in [9.17, 15) is 19.2 Å². The van der Waals surface area contributed by atoms with Crippen molar-refractivity contribution in [3.8, 4) is 22.4 Å². The molecule has 66 heavy (non-hydrogen) atoms. The average Bonchev–Trinajstić information content (AvgIpc) is 3.65. The van der Waals surface area contributed by atoms with Gasteiger partial charge in [0, 0.05) is 49.6 Å². The van der Waals surface area contributed by atoms with Crippen LogP contribution in [0.2, 0.25) is 24.3 Å². The number of nitrogens with one attached hydrogen (secondary N) is 4. The molecule has 0 spiro atoms. The van der Waals surface area contributed by atoms with Crippen molar-refractivity contribution in [2.24, 2.45) is 17.8 Å². The summed E-state index contributed by atoms with van der Waals surface area (Å²) in [4.78, 5) is 74.6. The molecule has 4 N–H and O–H groups in total. The zero-order chi connectivity index (χ0) is 45.9. The molecule has 5 aliphatic rings. The highest BCUT2D eigenvalue weighted by Gasteiger charge is 2.57. The molecular weight excluding hydrogens is 880 g/mol. The first-order chi connectivity index (χ1) is 31.9. The number of rotatable bonds is 10. The normalized spacial score (nSPS) is 24.0. The zero-order valence-corrected chi connectivity index (χ0v) is 39.5. The Labute approximate surface area is 388 Å². The Bertz CT molecular complexity index is 2660. The SMILES string of the molecule is COC(=O)N[C@H](C(=O)N1C[Si](C)(C)C[C@H]1c1nc2c(ccc3cc(-c4ccc(-c5nc([C@H]6C[C@@H]7C[C@@H]7N6C(=O)[C@H](NC(=O)OC)C6CCOCC6)[nH]c5Cl)cc4)ccc32)[nH]1)C1CCOCC1. The number of alkyl carbamates (subject to hydrolysis) is 2. The Morgan fingerprint density at radius 2 is 1.36 bits per heavy atom. The predicted octanol–water partition coefficient (Wildman–Crippen LogP) is 7.52. The molecule has 18 heteroatoms. The number of carbonyl (C=O) groups is 4. The number of piperidine rings is 1. The van der Waals surface area contributed by atoms with E-state index in [2.05, 4.69) is 76.2 Å². The largest absolute Gasteiger partial charge is 0.453 e. The zero-order valence-electron chi connectivity index (χ0n) is 37.7. The predicted molar refractivity (Wildman–Crippen MR) is 250 cm³/mol. The van der Waals surface area contributed by atoms with Crippen LogP contribution in [0.15, 0.2) is 54.6 Å². The highest BCUT2D eigenvalue weighted by molar-refractivity contribution is 6.78. The van der Waals surface area contributed by atoms with E-state index < -0.39 is 32.3 Å². The fourth-order valence-corrected chi connectivity index (χ4v) is 14.2. The van der Waals surface area contributed by atoms with Gasteiger partial charge >= 0.3 is 12.2 Å². The molecule has 16 nitrogen and oxygen atoms in total. The molecule has 0 bridgehead atoms. The van der Waals surface area contributed by atoms with Gasteiger partial charge in [0.25, 0.3) is 0 Å². The topological polar surface area (TPSA) is 193 Å². The highest BCUT2D eigenvalue weighted by Crippen LogP contribution is 2.54. The summed E-state index contributed by atoms with van der Waals surface area (Å²) in [6.07, 6.45) is 3.87. The third-order valence-electron chi connectivity index (χ3n) is 14.6. The van der Waals surface area contributed by atoms with Crippen LogP contribution in [-0.2, 0) is 28.5 Å². The summed E-state index contributed by atoms with van der Waals surface area (Å²) >= 11 is 6.87. The number of methoxy groups -OCH3 is 2. The summed E-state index contributed by atoms with van der Waals surface area (Å²) in [6, 6.07) is 17.7. The van der Waals surface area contributed by atoms with E-state index in [1.807, 2.05) is 21.9 Å². The van der Waals surface area contributed by atoms with E-state index in [4.69, 9.17) is 40.5 Å². The second kappa shape index (κ2) is 18.0. The first-order valence-electron chi connectivity index (χ1n) is 23.2. The maximum atomic E-state index is 14.4. The quantitative estimate of drug-likeness (QED) is 0.102. The average molecular weight is 938 g/mol. The van der Waals surface area contributed by atoms with Crippen LogP contribution in [0.25, 0.3) is 44.2 Å². The van der Waals surface area contributed by atoms with E-state index >= 15 is 0 Å². The molecule has 2 aromatic heterocycles. The summed E-state index contributed by atoms with van der Waals surface area (Å²) in [7, 11) is 0.798. The lowest BCUT2D eigenvalue weighted by atomic mass is 9.90. The number of amides is 4. The molecule has 10 rings (SSSR count). The molecule has 5 aromatic rings. The van der Waals surface area contributed by atoms with Crippen molar-refractivity contribution in [1.82, 2.24) is 40.4 Å². The van der Waals surface area contributed by atoms with Gasteiger partial charge in [-0.1, -0.05) is 67.2 Å². The first kappa shape index (κ1) is 44.3. The number of aromatic nitrogens is 4. The molecule has 5 fully saturated rings. The maximum Gasteiger partial charge on any atom is 0.407 e. The number of carbonyl (C=O) groups excluding carboxylic acids is 4. The van der Waals surface area contributed by atoms with E-state index in [1.165, 1.54) is 14.2 Å². The molecule has 4 aliphatic heterocycles. The summed E-state index contributed by atoms with van der Waals surface area (Å²) in [6.45, 7) is 6.79. The minimum Gasteiger partial charge on any atom is -0.453 e. The van der Waals surface area contributed by atoms with Crippen LogP contribution < -0.4 is 10.6 Å². The Morgan fingerprint density at radius 3 is 2.02 bits per heavy atom. The van der Waals surface area contributed by atoms with Gasteiger partial charge in [-0.05, 0) is 91.0 Å². The van der Waals surface area contributed by atoms with Gasteiger partial charge in [0.05, 0.1) is 45.4 Å². The van der Waals surface area contributed by atoms with Crippen LogP contribution in [0.3, 0.4) is 0 Å². The van der Waals surface area contributed by atoms with Crippen molar-refractivity contribution >= 4 is 65.5 Å². The number of hydrogen-bond acceptors (Lipinski definition) is 10. The third-order valence-corrected chi connectivity index (χ3v) is 17.5. The maximum absolute atomic E-state index is 14.4. The lowest BCUT2D eigenvalue weighted by Gasteiger charge is -2.35. The number of benzene rings is 3. The Morgan fingerprint density at radius 1 is 0.758 bits per heavy atom. The molecule has 6 heterocycles. The van der Waals surface area contributed by atoms with E-state index in [-0.39, 0.29) is 41.8 Å². The first-order valence-corrected chi connectivity index (χ1v) is 26.9. The number of nitrogens with zero attached hydrogens (tertiary/aromatic N) is 4. The fraction of sp³-hybridized carbons (Fsp3) is 0.500. The number of likely N-dealkylation sites (tertiary alicyclic amines) is 1. The lowest BCUT2D eigenvalue weighted by molar-refractivity contribution is -0.138. The number of H-pyrrole nitrogens is 2. The number of halogens is 1. The summed E-state index contributed by atoms with van der Waals surface area (Å²) in [5.74, 6) is 1.46. The molecular formula is C48H57ClN8O8Si. The third kappa shape index (κ3) is 8.54. The Kier molecular flexibility index (Phi) is 12.1. The minimum absolute atomic E-state index is 0.0461. The molecule has 0 unspecified atom stereocenters. The van der Waals surface area contributed by atoms with Gasteiger partial charge in [0.2, 0.25) is 11.8 Å². The lowest BCUT2D eigenvalue weighted by Crippen LogP contribution is -2.54. The van der Waals surface area contributed by atoms with Gasteiger partial charge in [-0.15, -0.1) is 0 Å². The van der Waals surface area contributed by atoms with Crippen molar-refractivity contribution in [3.63, 3.8) is 0 Å². The second-order valence-corrected chi connectivity index (χ2v) is 24.8. The fourth-order valence-electron chi connectivity index (χ4n) is 11.0. The molecule has 0 radical (unpaired) electrons. The standard InChI is InChI=1S/C48H57ClN8O8Si/c1-62-47(60)53-39(28-13-17-64-18-14-28)45(58)56-25-66(3,4)24-37(56)44-50-34-12-10-31-21-30(9-11-33(31)41(34)52-44)26-5-7-27(8-6-26)38-42(49)55-43(51-38)36-23-32-22-35(32)57(36)46(59)40(54-48(61)63-2)29-15-19-65-20-16-29/h5-12,21,28-29,32,35-37,39-40H,13-20,22-25H2,1-4H3,(H,50,52)(H,51,55)(H,53,60)(H,54,61)/t32-,35-,36+,37-,39-,40+/m0/s1. The summed E-state index contributed by atoms with van der Waals surface area (Å²) < 4.78 is 21.0. The number of ether oxygens (including phenoxy) is 4. The minimum atomic E-state index is -1.83. The van der Waals surface area contributed by atoms with Crippen molar-refractivity contribution < 1.29 is 38.1 Å². The van der Waals surface area contributed by atoms with Gasteiger partial charge in [0.15, 0.2) is 0 Å². The molecule has 3 aromatic carbocycles. The van der Waals surface area contributed by atoms with Gasteiger partial charge in [-0.25, -0.2) is 19.6 Å². The van der Waals surface area contributed by atoms with E-state index in [0.29, 0.717) is 80.9 Å². The van der Waals surface area contributed by atoms with Crippen LogP contribution in [-0.4, -0.2) is 127 Å². The number of imidazole rings is 2. The summed E-state index contributed by atoms with van der Waals surface area (Å²) in [5, 5.41) is 8.16. The van der Waals surface area contributed by atoms with Gasteiger partial charge in [-0.2, -0.15) is 0 Å². The molecule has 348 valence electrons. The van der Waals surface area contributed by atoms with Gasteiger partial charge in [0.1, 0.15) is 34.6 Å². The van der Waals surface area contributed by atoms with Crippen LogP contribution in [0.5, 0.6) is 0 Å². The number of fused-ring (bicyclic) bond motifs is 4. The van der Waals surface area contributed by atoms with Crippen LogP contribution in [0.1, 0.15) is 62.3 Å². The Hall–Kier alpha value is -5.49. The van der Waals surface area contributed by atoms with Crippen molar-refractivity contribution in [2.45, 2.75) is 87.9 Å². The van der Waals surface area contributed by atoms with Gasteiger partial charge in [-0.3, -0.25) is 9.59 Å². The monoisotopic (exact) mass is 936 g/mol. The number of hydrogen-bond donors (Lipinski definition) is 4. The van der Waals surface area contributed by atoms with E-state index in [1.54, 1.807) is 0 Å². The number of aromatic amines is 2. The highest BCUT2D eigenvalue weighted by atomic mass is 35.5. The molecule has 6 atom stereocenters. The van der Waals surface area contributed by atoms with Crippen molar-refractivity contribution in [3.05, 3.63) is 71.4 Å². The molecule has 4 saturated heterocycles. The van der Waals surface area contributed by atoms with E-state index in [0.717, 1.165) is 63.2 Å². The molecule has 4 amide bonds. The Balaban J connectivity index is 0.873. The molecule has 1 aliphatic carbocycles.